The zero-order chi connectivity index (χ0) is 16.1. The largest absolute Gasteiger partial charge is 0.508 e. The summed E-state index contributed by atoms with van der Waals surface area (Å²) in [6, 6.07) is 9.49. The molecule has 0 heterocycles. The molecular weight excluding hydrogens is 280 g/mol. The summed E-state index contributed by atoms with van der Waals surface area (Å²) in [5.74, 6) is -0.908. The number of carboxylic acids is 1. The minimum atomic E-state index is -0.975. The van der Waals surface area contributed by atoms with Gasteiger partial charge in [-0.3, -0.25) is 0 Å². The number of carboxylic acid groups (broad SMARTS) is 1. The number of benzene rings is 2. The topological polar surface area (TPSA) is 77.8 Å². The number of phenols is 2. The van der Waals surface area contributed by atoms with E-state index in [0.29, 0.717) is 6.42 Å². The smallest absolute Gasteiger partial charge is 0.335 e. The summed E-state index contributed by atoms with van der Waals surface area (Å²) in [4.78, 5) is 11.0. The van der Waals surface area contributed by atoms with E-state index in [1.165, 1.54) is 12.1 Å². The Morgan fingerprint density at radius 1 is 1.14 bits per heavy atom. The highest BCUT2D eigenvalue weighted by atomic mass is 16.4. The molecule has 0 atom stereocenters. The van der Waals surface area contributed by atoms with Crippen LogP contribution in [0.5, 0.6) is 11.5 Å². The van der Waals surface area contributed by atoms with Crippen molar-refractivity contribution in [1.82, 2.24) is 0 Å². The van der Waals surface area contributed by atoms with E-state index in [0.717, 1.165) is 23.1 Å². The molecule has 22 heavy (non-hydrogen) atoms. The van der Waals surface area contributed by atoms with Crippen molar-refractivity contribution in [1.29, 1.82) is 0 Å². The van der Waals surface area contributed by atoms with Crippen molar-refractivity contribution in [3.05, 3.63) is 58.7 Å². The average Bonchev–Trinajstić information content (AvgIpc) is 2.48. The molecule has 114 valence electrons. The van der Waals surface area contributed by atoms with Gasteiger partial charge in [0.05, 0.1) is 5.56 Å². The van der Waals surface area contributed by atoms with E-state index < -0.39 is 5.97 Å². The van der Waals surface area contributed by atoms with Crippen LogP contribution in [0.4, 0.5) is 0 Å². The van der Waals surface area contributed by atoms with Crippen LogP contribution in [-0.4, -0.2) is 21.3 Å². The van der Waals surface area contributed by atoms with Gasteiger partial charge in [-0.1, -0.05) is 37.6 Å². The molecule has 2 aromatic rings. The van der Waals surface area contributed by atoms with Crippen molar-refractivity contribution in [2.45, 2.75) is 19.8 Å². The van der Waals surface area contributed by atoms with Crippen LogP contribution in [-0.2, 0) is 6.42 Å². The second-order valence-corrected chi connectivity index (χ2v) is 5.05. The lowest BCUT2D eigenvalue weighted by atomic mass is 10.00. The molecular formula is C18H18O4. The predicted octanol–water partition coefficient (Wildman–Crippen LogP) is 3.92. The van der Waals surface area contributed by atoms with Crippen LogP contribution in [0.25, 0.3) is 12.2 Å². The van der Waals surface area contributed by atoms with Crippen LogP contribution in [0.1, 0.15) is 40.4 Å². The molecule has 0 aliphatic carbocycles. The molecule has 2 aromatic carbocycles. The Balaban J connectivity index is 2.37. The van der Waals surface area contributed by atoms with Crippen molar-refractivity contribution in [3.63, 3.8) is 0 Å². The van der Waals surface area contributed by atoms with Gasteiger partial charge in [0.25, 0.3) is 0 Å². The highest BCUT2D eigenvalue weighted by Gasteiger charge is 2.08. The molecule has 0 spiro atoms. The highest BCUT2D eigenvalue weighted by Crippen LogP contribution is 2.29. The van der Waals surface area contributed by atoms with Gasteiger partial charge in [0.1, 0.15) is 11.5 Å². The molecule has 0 unspecified atom stereocenters. The normalized spacial score (nSPS) is 11.0. The van der Waals surface area contributed by atoms with E-state index >= 15 is 0 Å². The lowest BCUT2D eigenvalue weighted by Crippen LogP contribution is -1.95. The summed E-state index contributed by atoms with van der Waals surface area (Å²) in [7, 11) is 0. The summed E-state index contributed by atoms with van der Waals surface area (Å²) < 4.78 is 0. The van der Waals surface area contributed by atoms with Gasteiger partial charge in [-0.25, -0.2) is 4.79 Å². The molecule has 0 saturated heterocycles. The van der Waals surface area contributed by atoms with Gasteiger partial charge in [0.15, 0.2) is 0 Å². The van der Waals surface area contributed by atoms with E-state index in [1.54, 1.807) is 36.4 Å². The van der Waals surface area contributed by atoms with Crippen LogP contribution < -0.4 is 0 Å². The van der Waals surface area contributed by atoms with E-state index in [9.17, 15) is 15.0 Å². The van der Waals surface area contributed by atoms with Gasteiger partial charge in [-0.15, -0.1) is 0 Å². The third kappa shape index (κ3) is 3.67. The number of phenolic OH excluding ortho intramolecular Hbond substituents is 2. The second kappa shape index (κ2) is 6.80. The van der Waals surface area contributed by atoms with Gasteiger partial charge in [0.2, 0.25) is 0 Å². The van der Waals surface area contributed by atoms with E-state index in [4.69, 9.17) is 5.11 Å². The maximum atomic E-state index is 11.0. The number of rotatable bonds is 5. The first-order chi connectivity index (χ1) is 10.5. The molecule has 0 aliphatic rings. The lowest BCUT2D eigenvalue weighted by Gasteiger charge is -2.08. The van der Waals surface area contributed by atoms with Crippen molar-refractivity contribution in [2.75, 3.05) is 0 Å². The Labute approximate surface area is 129 Å². The Morgan fingerprint density at radius 3 is 2.59 bits per heavy atom. The van der Waals surface area contributed by atoms with E-state index in [2.05, 4.69) is 0 Å². The molecule has 4 nitrogen and oxygen atoms in total. The summed E-state index contributed by atoms with van der Waals surface area (Å²) in [6.07, 6.45) is 5.10. The average molecular weight is 298 g/mol. The molecule has 0 fully saturated rings. The number of aromatic hydroxyl groups is 2. The molecule has 4 heteroatoms. The third-order valence-corrected chi connectivity index (χ3v) is 3.33. The van der Waals surface area contributed by atoms with Gasteiger partial charge < -0.3 is 15.3 Å². The first-order valence-electron chi connectivity index (χ1n) is 7.07. The minimum Gasteiger partial charge on any atom is -0.508 e. The minimum absolute atomic E-state index is 0.00344. The highest BCUT2D eigenvalue weighted by molar-refractivity contribution is 5.88. The first kappa shape index (κ1) is 15.6. The number of carbonyl (C=O) groups is 1. The summed E-state index contributed by atoms with van der Waals surface area (Å²) >= 11 is 0. The first-order valence-corrected chi connectivity index (χ1v) is 7.07. The van der Waals surface area contributed by atoms with E-state index in [1.807, 2.05) is 6.92 Å². The summed E-state index contributed by atoms with van der Waals surface area (Å²) in [6.45, 7) is 2.01. The Kier molecular flexibility index (Phi) is 4.84. The van der Waals surface area contributed by atoms with E-state index in [-0.39, 0.29) is 17.1 Å². The zero-order valence-corrected chi connectivity index (χ0v) is 12.3. The van der Waals surface area contributed by atoms with Gasteiger partial charge >= 0.3 is 5.97 Å². The fourth-order valence-electron chi connectivity index (χ4n) is 2.30. The molecule has 0 aromatic heterocycles. The lowest BCUT2D eigenvalue weighted by molar-refractivity contribution is 0.0697. The zero-order valence-electron chi connectivity index (χ0n) is 12.3. The molecule has 0 amide bonds. The molecule has 0 aliphatic heterocycles. The summed E-state index contributed by atoms with van der Waals surface area (Å²) in [5, 5.41) is 28.6. The Hall–Kier alpha value is -2.75. The Morgan fingerprint density at radius 2 is 1.91 bits per heavy atom. The molecule has 0 bridgehead atoms. The van der Waals surface area contributed by atoms with Crippen LogP contribution in [0.15, 0.2) is 36.4 Å². The van der Waals surface area contributed by atoms with Crippen molar-refractivity contribution < 1.29 is 20.1 Å². The molecule has 3 N–H and O–H groups in total. The van der Waals surface area contributed by atoms with Gasteiger partial charge in [0, 0.05) is 11.6 Å². The van der Waals surface area contributed by atoms with Crippen LogP contribution >= 0.6 is 0 Å². The van der Waals surface area contributed by atoms with Crippen molar-refractivity contribution in [3.8, 4) is 11.5 Å². The number of hydrogen-bond donors (Lipinski definition) is 3. The SMILES string of the molecule is CCCc1c(O)cc(O)cc1C=Cc1cccc(C(=O)O)c1. The van der Waals surface area contributed by atoms with Crippen LogP contribution in [0, 0.1) is 0 Å². The predicted molar refractivity (Wildman–Crippen MR) is 86.1 cm³/mol. The second-order valence-electron chi connectivity index (χ2n) is 5.05. The maximum absolute atomic E-state index is 11.0. The van der Waals surface area contributed by atoms with Gasteiger partial charge in [-0.2, -0.15) is 0 Å². The number of hydrogen-bond acceptors (Lipinski definition) is 3. The summed E-state index contributed by atoms with van der Waals surface area (Å²) in [5.41, 5.74) is 2.45. The fraction of sp³-hybridized carbons (Fsp3) is 0.167. The fourth-order valence-corrected chi connectivity index (χ4v) is 2.30. The van der Waals surface area contributed by atoms with Gasteiger partial charge in [-0.05, 0) is 35.7 Å². The monoisotopic (exact) mass is 298 g/mol. The molecule has 0 saturated carbocycles. The number of aromatic carboxylic acids is 1. The van der Waals surface area contributed by atoms with Crippen molar-refractivity contribution in [2.24, 2.45) is 0 Å². The molecule has 2 rings (SSSR count). The Bertz CT molecular complexity index is 717. The van der Waals surface area contributed by atoms with Crippen molar-refractivity contribution >= 4 is 18.1 Å². The third-order valence-electron chi connectivity index (χ3n) is 3.33. The standard InChI is InChI=1S/C18H18O4/c1-2-4-16-13(10-15(19)11-17(16)20)8-7-12-5-3-6-14(9-12)18(21)22/h3,5-11,19-20H,2,4H2,1H3,(H,21,22). The quantitative estimate of drug-likeness (QED) is 0.731. The van der Waals surface area contributed by atoms with Crippen LogP contribution in [0.2, 0.25) is 0 Å². The van der Waals surface area contributed by atoms with Crippen LogP contribution in [0.3, 0.4) is 0 Å². The maximum Gasteiger partial charge on any atom is 0.335 e. The molecule has 0 radical (unpaired) electrons.